The van der Waals surface area contributed by atoms with Gasteiger partial charge in [0.05, 0.1) is 35.9 Å². The van der Waals surface area contributed by atoms with Crippen LogP contribution in [0.3, 0.4) is 0 Å². The van der Waals surface area contributed by atoms with Crippen molar-refractivity contribution in [1.29, 1.82) is 0 Å². The summed E-state index contributed by atoms with van der Waals surface area (Å²) in [6, 6.07) is 4.39. The molecule has 0 saturated carbocycles. The summed E-state index contributed by atoms with van der Waals surface area (Å²) < 4.78 is 38.1. The highest BCUT2D eigenvalue weighted by Crippen LogP contribution is 2.34. The van der Waals surface area contributed by atoms with Crippen LogP contribution in [0, 0.1) is 0 Å². The number of fused-ring (bicyclic) bond motifs is 2. The Labute approximate surface area is 180 Å². The van der Waals surface area contributed by atoms with E-state index in [0.29, 0.717) is 35.8 Å². The van der Waals surface area contributed by atoms with Gasteiger partial charge in [-0.1, -0.05) is 0 Å². The van der Waals surface area contributed by atoms with Crippen molar-refractivity contribution in [3.63, 3.8) is 0 Å². The molecule has 0 atom stereocenters. The Balaban J connectivity index is 1.59. The maximum atomic E-state index is 13.2. The van der Waals surface area contributed by atoms with Gasteiger partial charge in [-0.25, -0.2) is 4.79 Å². The van der Waals surface area contributed by atoms with Crippen LogP contribution in [-0.2, 0) is 32.6 Å². The highest BCUT2D eigenvalue weighted by atomic mass is 32.2. The van der Waals surface area contributed by atoms with Crippen molar-refractivity contribution >= 4 is 27.7 Å². The first-order valence-corrected chi connectivity index (χ1v) is 11.3. The standard InChI is InChI=1S/C20H24N4O6S/c1-13(25)23-7-8-29-18-6-5-15(9-17(18)23)31(27,28)24-11-14-10-22(12-16(14)21-24)19(26)30-20(2,3)4/h5-6,9,11H,7-8,10,12H2,1-4H3. The first kappa shape index (κ1) is 21.2. The molecule has 2 aliphatic rings. The smallest absolute Gasteiger partial charge is 0.410 e. The van der Waals surface area contributed by atoms with Crippen LogP contribution in [0.2, 0.25) is 0 Å². The summed E-state index contributed by atoms with van der Waals surface area (Å²) in [5.41, 5.74) is 0.933. The normalized spacial score (nSPS) is 15.9. The number of rotatable bonds is 2. The molecule has 3 heterocycles. The van der Waals surface area contributed by atoms with Crippen molar-refractivity contribution in [3.05, 3.63) is 35.7 Å². The third-order valence-electron chi connectivity index (χ3n) is 4.93. The number of benzene rings is 1. The number of amides is 2. The topological polar surface area (TPSA) is 111 Å². The van der Waals surface area contributed by atoms with Crippen LogP contribution >= 0.6 is 0 Å². The van der Waals surface area contributed by atoms with Crippen LogP contribution in [0.25, 0.3) is 0 Å². The van der Waals surface area contributed by atoms with Crippen molar-refractivity contribution in [2.24, 2.45) is 0 Å². The summed E-state index contributed by atoms with van der Waals surface area (Å²) >= 11 is 0. The minimum absolute atomic E-state index is 0.00632. The fraction of sp³-hybridized carbons (Fsp3) is 0.450. The number of carbonyl (C=O) groups excluding carboxylic acids is 2. The summed E-state index contributed by atoms with van der Waals surface area (Å²) in [6.45, 7) is 7.85. The molecule has 31 heavy (non-hydrogen) atoms. The summed E-state index contributed by atoms with van der Waals surface area (Å²) in [6.07, 6.45) is 0.937. The Morgan fingerprint density at radius 2 is 1.94 bits per heavy atom. The largest absolute Gasteiger partial charge is 0.490 e. The van der Waals surface area contributed by atoms with E-state index in [9.17, 15) is 18.0 Å². The molecule has 11 heteroatoms. The van der Waals surface area contributed by atoms with Crippen LogP contribution < -0.4 is 9.64 Å². The Bertz CT molecular complexity index is 1140. The van der Waals surface area contributed by atoms with E-state index in [2.05, 4.69) is 5.10 Å². The quantitative estimate of drug-likeness (QED) is 0.692. The molecule has 0 aliphatic carbocycles. The molecular formula is C20H24N4O6S. The molecule has 166 valence electrons. The van der Waals surface area contributed by atoms with Gasteiger partial charge >= 0.3 is 6.09 Å². The van der Waals surface area contributed by atoms with E-state index in [1.165, 1.54) is 35.1 Å². The lowest BCUT2D eigenvalue weighted by Gasteiger charge is -2.29. The van der Waals surface area contributed by atoms with Gasteiger partial charge in [-0.05, 0) is 39.0 Å². The molecule has 2 aliphatic heterocycles. The molecule has 0 radical (unpaired) electrons. The minimum Gasteiger partial charge on any atom is -0.490 e. The van der Waals surface area contributed by atoms with Gasteiger partial charge < -0.3 is 14.4 Å². The molecule has 4 rings (SSSR count). The number of nitrogens with zero attached hydrogens (tertiary/aromatic N) is 4. The summed E-state index contributed by atoms with van der Waals surface area (Å²) in [5, 5.41) is 4.20. The second-order valence-corrected chi connectivity index (χ2v) is 10.3. The zero-order chi connectivity index (χ0) is 22.6. The number of carbonyl (C=O) groups is 2. The zero-order valence-corrected chi connectivity index (χ0v) is 18.6. The molecule has 0 spiro atoms. The van der Waals surface area contributed by atoms with Crippen LogP contribution in [0.1, 0.15) is 39.0 Å². The SMILES string of the molecule is CC(=O)N1CCOc2ccc(S(=O)(=O)n3cc4c(n3)CN(C(=O)OC(C)(C)C)C4)cc21. The third-order valence-corrected chi connectivity index (χ3v) is 6.46. The zero-order valence-electron chi connectivity index (χ0n) is 17.8. The second-order valence-electron chi connectivity index (χ2n) is 8.46. The Morgan fingerprint density at radius 1 is 1.19 bits per heavy atom. The molecule has 0 unspecified atom stereocenters. The highest BCUT2D eigenvalue weighted by Gasteiger charge is 2.32. The maximum absolute atomic E-state index is 13.2. The van der Waals surface area contributed by atoms with Crippen LogP contribution in [0.5, 0.6) is 5.75 Å². The number of hydrogen-bond acceptors (Lipinski definition) is 7. The van der Waals surface area contributed by atoms with Crippen LogP contribution in [0.4, 0.5) is 10.5 Å². The van der Waals surface area contributed by atoms with Gasteiger partial charge in [0.1, 0.15) is 18.0 Å². The molecule has 0 N–H and O–H groups in total. The average Bonchev–Trinajstić information content (AvgIpc) is 3.25. The van der Waals surface area contributed by atoms with Gasteiger partial charge in [-0.2, -0.15) is 17.6 Å². The van der Waals surface area contributed by atoms with Gasteiger partial charge in [0.25, 0.3) is 10.0 Å². The van der Waals surface area contributed by atoms with E-state index in [-0.39, 0.29) is 23.9 Å². The van der Waals surface area contributed by atoms with Gasteiger partial charge in [-0.3, -0.25) is 9.69 Å². The fourth-order valence-electron chi connectivity index (χ4n) is 3.50. The third kappa shape index (κ3) is 3.97. The lowest BCUT2D eigenvalue weighted by molar-refractivity contribution is -0.116. The van der Waals surface area contributed by atoms with E-state index in [1.807, 2.05) is 0 Å². The summed E-state index contributed by atoms with van der Waals surface area (Å²) in [4.78, 5) is 27.1. The maximum Gasteiger partial charge on any atom is 0.410 e. The second kappa shape index (κ2) is 7.26. The number of anilines is 1. The molecule has 2 aromatic rings. The molecule has 10 nitrogen and oxygen atoms in total. The predicted molar refractivity (Wildman–Crippen MR) is 110 cm³/mol. The van der Waals surface area contributed by atoms with E-state index >= 15 is 0 Å². The summed E-state index contributed by atoms with van der Waals surface area (Å²) in [7, 11) is -3.99. The molecule has 1 aromatic carbocycles. The van der Waals surface area contributed by atoms with Gasteiger partial charge in [0.15, 0.2) is 0 Å². The molecule has 0 fully saturated rings. The van der Waals surface area contributed by atoms with Gasteiger partial charge in [0, 0.05) is 18.7 Å². The minimum atomic E-state index is -3.99. The van der Waals surface area contributed by atoms with E-state index in [1.54, 1.807) is 26.8 Å². The number of hydrogen-bond donors (Lipinski definition) is 0. The van der Waals surface area contributed by atoms with E-state index < -0.39 is 21.7 Å². The molecule has 0 bridgehead atoms. The molecular weight excluding hydrogens is 424 g/mol. The van der Waals surface area contributed by atoms with Crippen molar-refractivity contribution < 1.29 is 27.5 Å². The molecule has 1 aromatic heterocycles. The predicted octanol–water partition coefficient (Wildman–Crippen LogP) is 2.12. The highest BCUT2D eigenvalue weighted by molar-refractivity contribution is 7.89. The fourth-order valence-corrected chi connectivity index (χ4v) is 4.69. The van der Waals surface area contributed by atoms with Crippen molar-refractivity contribution in [1.82, 2.24) is 14.1 Å². The number of aromatic nitrogens is 2. The Hall–Kier alpha value is -3.08. The van der Waals surface area contributed by atoms with E-state index in [4.69, 9.17) is 9.47 Å². The summed E-state index contributed by atoms with van der Waals surface area (Å²) in [5.74, 6) is 0.260. The van der Waals surface area contributed by atoms with Gasteiger partial charge in [-0.15, -0.1) is 0 Å². The lowest BCUT2D eigenvalue weighted by atomic mass is 10.2. The average molecular weight is 449 g/mol. The lowest BCUT2D eigenvalue weighted by Crippen LogP contribution is -2.36. The number of ether oxygens (including phenoxy) is 2. The van der Waals surface area contributed by atoms with Crippen LogP contribution in [0.15, 0.2) is 29.3 Å². The molecule has 0 saturated heterocycles. The van der Waals surface area contributed by atoms with Crippen molar-refractivity contribution in [3.8, 4) is 5.75 Å². The van der Waals surface area contributed by atoms with E-state index in [0.717, 1.165) is 4.09 Å². The van der Waals surface area contributed by atoms with Crippen LogP contribution in [-0.4, -0.2) is 53.3 Å². The van der Waals surface area contributed by atoms with Crippen molar-refractivity contribution in [2.75, 3.05) is 18.1 Å². The first-order valence-electron chi connectivity index (χ1n) is 9.81. The Kier molecular flexibility index (Phi) is 4.95. The Morgan fingerprint density at radius 3 is 2.58 bits per heavy atom. The van der Waals surface area contributed by atoms with Crippen molar-refractivity contribution in [2.45, 2.75) is 51.3 Å². The first-order chi connectivity index (χ1) is 14.5. The van der Waals surface area contributed by atoms with Gasteiger partial charge in [0.2, 0.25) is 5.91 Å². The monoisotopic (exact) mass is 448 g/mol. The molecule has 2 amide bonds.